The van der Waals surface area contributed by atoms with Crippen molar-refractivity contribution in [1.29, 1.82) is 0 Å². The number of hydrogen-bond donors (Lipinski definition) is 2. The number of carbonyl (C=O) groups excluding carboxylic acids is 2. The van der Waals surface area contributed by atoms with Crippen LogP contribution in [0.4, 0.5) is 10.3 Å². The van der Waals surface area contributed by atoms with Gasteiger partial charge < -0.3 is 10.1 Å². The van der Waals surface area contributed by atoms with E-state index in [-0.39, 0.29) is 16.9 Å². The number of benzene rings is 2. The van der Waals surface area contributed by atoms with Gasteiger partial charge in [-0.15, -0.1) is 11.3 Å². The standard InChI is InChI=1S/C27H25FN4O3S/c1-13-24(36-14(2)29-13)22(33)20-21(15-6-8-16(9-7-15)27(3,4)5)32(25(35)23(20)34)26-30-18-11-10-17(28)12-19(18)31-26/h6-12,21,34H,1-5H3,(H,30,31). The van der Waals surface area contributed by atoms with Crippen molar-refractivity contribution in [3.8, 4) is 0 Å². The van der Waals surface area contributed by atoms with E-state index in [0.717, 1.165) is 5.56 Å². The van der Waals surface area contributed by atoms with E-state index in [9.17, 15) is 19.1 Å². The van der Waals surface area contributed by atoms with Crippen LogP contribution >= 0.6 is 11.3 Å². The Labute approximate surface area is 211 Å². The Hall–Kier alpha value is -3.85. The SMILES string of the molecule is Cc1nc(C)c(C(=O)C2=C(O)C(=O)N(c3nc4ccc(F)cc4[nH]3)C2c2ccc(C(C)(C)C)cc2)s1. The van der Waals surface area contributed by atoms with Crippen molar-refractivity contribution < 1.29 is 19.1 Å². The molecule has 1 aliphatic rings. The Morgan fingerprint density at radius 1 is 1.11 bits per heavy atom. The fraction of sp³-hybridized carbons (Fsp3) is 0.259. The summed E-state index contributed by atoms with van der Waals surface area (Å²) in [6.07, 6.45) is 0. The zero-order valence-electron chi connectivity index (χ0n) is 20.5. The summed E-state index contributed by atoms with van der Waals surface area (Å²) in [6.45, 7) is 9.80. The minimum Gasteiger partial charge on any atom is -0.503 e. The van der Waals surface area contributed by atoms with Crippen molar-refractivity contribution in [1.82, 2.24) is 15.0 Å². The molecule has 4 aromatic rings. The van der Waals surface area contributed by atoms with Crippen molar-refractivity contribution in [2.75, 3.05) is 4.90 Å². The number of ketones is 1. The van der Waals surface area contributed by atoms with Gasteiger partial charge in [0.05, 0.1) is 38.2 Å². The van der Waals surface area contributed by atoms with Crippen LogP contribution in [0, 0.1) is 19.7 Å². The van der Waals surface area contributed by atoms with Gasteiger partial charge in [-0.25, -0.2) is 14.4 Å². The Balaban J connectivity index is 1.68. The molecule has 0 radical (unpaired) electrons. The Morgan fingerprint density at radius 3 is 2.42 bits per heavy atom. The van der Waals surface area contributed by atoms with E-state index in [1.807, 2.05) is 24.3 Å². The number of H-pyrrole nitrogens is 1. The normalized spacial score (nSPS) is 16.4. The molecule has 0 aliphatic carbocycles. The monoisotopic (exact) mass is 504 g/mol. The second-order valence-corrected chi connectivity index (χ2v) is 11.1. The van der Waals surface area contributed by atoms with E-state index in [1.165, 1.54) is 34.4 Å². The molecule has 36 heavy (non-hydrogen) atoms. The molecule has 7 nitrogen and oxygen atoms in total. The second-order valence-electron chi connectivity index (χ2n) is 9.91. The number of carbonyl (C=O) groups is 2. The molecule has 2 N–H and O–H groups in total. The summed E-state index contributed by atoms with van der Waals surface area (Å²) in [4.78, 5) is 40.6. The molecule has 3 heterocycles. The molecule has 0 bridgehead atoms. The zero-order valence-corrected chi connectivity index (χ0v) is 21.3. The van der Waals surface area contributed by atoms with Gasteiger partial charge in [0.15, 0.2) is 5.76 Å². The zero-order chi connectivity index (χ0) is 25.9. The number of nitrogens with zero attached hydrogens (tertiary/aromatic N) is 3. The highest BCUT2D eigenvalue weighted by Crippen LogP contribution is 2.42. The number of aliphatic hydroxyl groups excluding tert-OH is 1. The van der Waals surface area contributed by atoms with Crippen molar-refractivity contribution in [2.45, 2.75) is 46.1 Å². The Kier molecular flexibility index (Phi) is 5.55. The van der Waals surface area contributed by atoms with E-state index in [1.54, 1.807) is 13.8 Å². The number of thiazole rings is 1. The van der Waals surface area contributed by atoms with Gasteiger partial charge in [0.2, 0.25) is 11.7 Å². The minimum atomic E-state index is -0.939. The molecule has 0 fully saturated rings. The van der Waals surface area contributed by atoms with E-state index in [0.29, 0.717) is 32.2 Å². The molecule has 0 spiro atoms. The number of anilines is 1. The molecule has 2 aromatic carbocycles. The average molecular weight is 505 g/mol. The van der Waals surface area contributed by atoms with Crippen molar-refractivity contribution >= 4 is 40.0 Å². The Bertz CT molecular complexity index is 1560. The van der Waals surface area contributed by atoms with E-state index in [4.69, 9.17) is 0 Å². The average Bonchev–Trinajstić information content (AvgIpc) is 3.46. The van der Waals surface area contributed by atoms with Crippen LogP contribution in [0.25, 0.3) is 11.0 Å². The molecule has 184 valence electrons. The third kappa shape index (κ3) is 3.89. The maximum Gasteiger partial charge on any atom is 0.296 e. The number of aryl methyl sites for hydroxylation is 2. The number of fused-ring (bicyclic) bond motifs is 1. The summed E-state index contributed by atoms with van der Waals surface area (Å²) < 4.78 is 13.8. The number of aliphatic hydroxyl groups is 1. The summed E-state index contributed by atoms with van der Waals surface area (Å²) >= 11 is 1.22. The fourth-order valence-corrected chi connectivity index (χ4v) is 5.36. The van der Waals surface area contributed by atoms with Crippen LogP contribution in [-0.4, -0.2) is 31.7 Å². The number of amides is 1. The number of Topliss-reactive ketones (excluding diaryl/α,β-unsaturated/α-hetero) is 1. The van der Waals surface area contributed by atoms with Crippen molar-refractivity contribution in [3.05, 3.63) is 86.3 Å². The first-order valence-electron chi connectivity index (χ1n) is 11.5. The summed E-state index contributed by atoms with van der Waals surface area (Å²) in [5.74, 6) is -2.20. The second kappa shape index (κ2) is 8.37. The molecule has 1 unspecified atom stereocenters. The highest BCUT2D eigenvalue weighted by Gasteiger charge is 2.46. The van der Waals surface area contributed by atoms with Gasteiger partial charge in [-0.05, 0) is 48.6 Å². The lowest BCUT2D eigenvalue weighted by Crippen LogP contribution is -2.32. The quantitative estimate of drug-likeness (QED) is 0.339. The third-order valence-electron chi connectivity index (χ3n) is 6.31. The van der Waals surface area contributed by atoms with E-state index < -0.39 is 29.3 Å². The number of nitrogens with one attached hydrogen (secondary N) is 1. The number of imidazole rings is 1. The molecular weight excluding hydrogens is 479 g/mol. The third-order valence-corrected chi connectivity index (χ3v) is 7.39. The lowest BCUT2D eigenvalue weighted by Gasteiger charge is -2.26. The maximum atomic E-state index is 13.8. The lowest BCUT2D eigenvalue weighted by molar-refractivity contribution is -0.117. The van der Waals surface area contributed by atoms with Gasteiger partial charge in [-0.3, -0.25) is 14.5 Å². The molecule has 9 heteroatoms. The van der Waals surface area contributed by atoms with Crippen molar-refractivity contribution in [2.24, 2.45) is 0 Å². The number of hydrogen-bond acceptors (Lipinski definition) is 6. The number of aromatic amines is 1. The molecule has 0 saturated heterocycles. The van der Waals surface area contributed by atoms with Crippen molar-refractivity contribution in [3.63, 3.8) is 0 Å². The molecule has 0 saturated carbocycles. The molecule has 5 rings (SSSR count). The first kappa shape index (κ1) is 23.9. The molecule has 1 atom stereocenters. The maximum absolute atomic E-state index is 13.8. The number of rotatable bonds is 4. The fourth-order valence-electron chi connectivity index (χ4n) is 4.48. The molecule has 1 amide bonds. The topological polar surface area (TPSA) is 99.2 Å². The summed E-state index contributed by atoms with van der Waals surface area (Å²) in [7, 11) is 0. The van der Waals surface area contributed by atoms with Crippen LogP contribution in [0.15, 0.2) is 53.8 Å². The number of halogens is 1. The van der Waals surface area contributed by atoms with Gasteiger partial charge in [-0.1, -0.05) is 45.0 Å². The first-order chi connectivity index (χ1) is 17.0. The van der Waals surface area contributed by atoms with Crippen LogP contribution in [0.3, 0.4) is 0 Å². The lowest BCUT2D eigenvalue weighted by atomic mass is 9.85. The predicted molar refractivity (Wildman–Crippen MR) is 137 cm³/mol. The minimum absolute atomic E-state index is 0.0399. The predicted octanol–water partition coefficient (Wildman–Crippen LogP) is 5.86. The molecule has 2 aromatic heterocycles. The van der Waals surface area contributed by atoms with Gasteiger partial charge in [0.25, 0.3) is 5.91 Å². The molecular formula is C27H25FN4O3S. The van der Waals surface area contributed by atoms with Crippen LogP contribution in [0.2, 0.25) is 0 Å². The summed E-state index contributed by atoms with van der Waals surface area (Å²) in [5.41, 5.74) is 2.96. The first-order valence-corrected chi connectivity index (χ1v) is 12.3. The van der Waals surface area contributed by atoms with Gasteiger partial charge in [0.1, 0.15) is 5.82 Å². The highest BCUT2D eigenvalue weighted by atomic mass is 32.1. The Morgan fingerprint density at radius 2 is 1.81 bits per heavy atom. The summed E-state index contributed by atoms with van der Waals surface area (Å²) in [5, 5.41) is 11.7. The molecule has 1 aliphatic heterocycles. The van der Waals surface area contributed by atoms with Crippen LogP contribution in [0.5, 0.6) is 0 Å². The highest BCUT2D eigenvalue weighted by molar-refractivity contribution is 7.14. The smallest absolute Gasteiger partial charge is 0.296 e. The van der Waals surface area contributed by atoms with Crippen LogP contribution in [0.1, 0.15) is 58.3 Å². The van der Waals surface area contributed by atoms with Crippen LogP contribution < -0.4 is 4.90 Å². The summed E-state index contributed by atoms with van der Waals surface area (Å²) in [6, 6.07) is 10.7. The van der Waals surface area contributed by atoms with E-state index in [2.05, 4.69) is 35.7 Å². The van der Waals surface area contributed by atoms with Gasteiger partial charge in [0, 0.05) is 0 Å². The van der Waals surface area contributed by atoms with E-state index >= 15 is 0 Å². The van der Waals surface area contributed by atoms with Gasteiger partial charge in [-0.2, -0.15) is 0 Å². The number of aromatic nitrogens is 3. The van der Waals surface area contributed by atoms with Gasteiger partial charge >= 0.3 is 0 Å². The largest absolute Gasteiger partial charge is 0.503 e. The van der Waals surface area contributed by atoms with Crippen LogP contribution in [-0.2, 0) is 10.2 Å².